The molecule has 24 heavy (non-hydrogen) atoms. The number of carbonyl (C=O) groups excluding carboxylic acids is 2. The molecule has 0 saturated carbocycles. The van der Waals surface area contributed by atoms with E-state index >= 15 is 0 Å². The summed E-state index contributed by atoms with van der Waals surface area (Å²) in [6.45, 7) is 0.170. The number of carbonyl (C=O) groups is 2. The largest absolute Gasteiger partial charge is 0.439 e. The van der Waals surface area contributed by atoms with E-state index in [9.17, 15) is 9.59 Å². The molecule has 3 aromatic rings. The Balaban J connectivity index is 1.62. The fourth-order valence-corrected chi connectivity index (χ4v) is 2.17. The van der Waals surface area contributed by atoms with E-state index in [1.807, 2.05) is 30.3 Å². The van der Waals surface area contributed by atoms with E-state index < -0.39 is 5.91 Å². The van der Waals surface area contributed by atoms with Gasteiger partial charge in [-0.2, -0.15) is 0 Å². The highest BCUT2D eigenvalue weighted by Crippen LogP contribution is 2.19. The highest BCUT2D eigenvalue weighted by molar-refractivity contribution is 5.97. The summed E-state index contributed by atoms with van der Waals surface area (Å²) in [5.41, 5.74) is 6.86. The number of hydrogen-bond donors (Lipinski definition) is 2. The molecule has 0 aliphatic carbocycles. The Morgan fingerprint density at radius 3 is 2.33 bits per heavy atom. The summed E-state index contributed by atoms with van der Waals surface area (Å²) in [6, 6.07) is 15.7. The molecule has 3 rings (SSSR count). The van der Waals surface area contributed by atoms with Crippen LogP contribution in [0.3, 0.4) is 0 Å². The summed E-state index contributed by atoms with van der Waals surface area (Å²) in [5.74, 6) is 0.238. The monoisotopic (exact) mass is 321 g/mol. The third-order valence-electron chi connectivity index (χ3n) is 3.44. The van der Waals surface area contributed by atoms with Gasteiger partial charge >= 0.3 is 0 Å². The molecule has 0 unspecified atom stereocenters. The lowest BCUT2D eigenvalue weighted by Crippen LogP contribution is -2.23. The van der Waals surface area contributed by atoms with Gasteiger partial charge in [-0.05, 0) is 24.3 Å². The minimum absolute atomic E-state index is 0.170. The SMILES string of the molecule is NC(=O)c1ccc(C(=O)NCc2ncc(-c3ccccc3)o2)cc1. The van der Waals surface area contributed by atoms with E-state index in [0.29, 0.717) is 22.8 Å². The standard InChI is InChI=1S/C18H15N3O3/c19-17(22)13-6-8-14(9-7-13)18(23)21-11-16-20-10-15(24-16)12-4-2-1-3-5-12/h1-10H,11H2,(H2,19,22)(H,21,23). The Kier molecular flexibility index (Phi) is 4.38. The van der Waals surface area contributed by atoms with Crippen molar-refractivity contribution in [2.75, 3.05) is 0 Å². The maximum atomic E-state index is 12.1. The Labute approximate surface area is 138 Å². The van der Waals surface area contributed by atoms with Crippen molar-refractivity contribution in [1.82, 2.24) is 10.3 Å². The summed E-state index contributed by atoms with van der Waals surface area (Å²) in [4.78, 5) is 27.2. The van der Waals surface area contributed by atoms with Crippen LogP contribution < -0.4 is 11.1 Å². The van der Waals surface area contributed by atoms with Crippen LogP contribution in [0.2, 0.25) is 0 Å². The molecule has 2 aromatic carbocycles. The van der Waals surface area contributed by atoms with Crippen molar-refractivity contribution in [2.24, 2.45) is 5.73 Å². The Morgan fingerprint density at radius 2 is 1.67 bits per heavy atom. The molecular weight excluding hydrogens is 306 g/mol. The van der Waals surface area contributed by atoms with Crippen LogP contribution in [0, 0.1) is 0 Å². The van der Waals surface area contributed by atoms with E-state index in [1.54, 1.807) is 18.3 Å². The topological polar surface area (TPSA) is 98.2 Å². The second-order valence-corrected chi connectivity index (χ2v) is 5.11. The van der Waals surface area contributed by atoms with Gasteiger partial charge in [0.15, 0.2) is 5.76 Å². The van der Waals surface area contributed by atoms with Crippen molar-refractivity contribution in [1.29, 1.82) is 0 Å². The smallest absolute Gasteiger partial charge is 0.251 e. The second-order valence-electron chi connectivity index (χ2n) is 5.11. The molecule has 1 aromatic heterocycles. The van der Waals surface area contributed by atoms with Gasteiger partial charge in [-0.15, -0.1) is 0 Å². The number of aromatic nitrogens is 1. The molecule has 0 bridgehead atoms. The van der Waals surface area contributed by atoms with Gasteiger partial charge in [0.2, 0.25) is 11.8 Å². The summed E-state index contributed by atoms with van der Waals surface area (Å²) in [5, 5.41) is 2.72. The molecule has 0 spiro atoms. The van der Waals surface area contributed by atoms with E-state index in [0.717, 1.165) is 5.56 Å². The number of primary amides is 1. The van der Waals surface area contributed by atoms with Gasteiger partial charge in [-0.25, -0.2) is 4.98 Å². The Bertz CT molecular complexity index is 855. The molecular formula is C18H15N3O3. The fraction of sp³-hybridized carbons (Fsp3) is 0.0556. The van der Waals surface area contributed by atoms with Gasteiger partial charge in [0, 0.05) is 16.7 Å². The molecule has 0 radical (unpaired) electrons. The van der Waals surface area contributed by atoms with E-state index in [-0.39, 0.29) is 12.5 Å². The first-order valence-electron chi connectivity index (χ1n) is 7.31. The van der Waals surface area contributed by atoms with Gasteiger partial charge in [-0.1, -0.05) is 30.3 Å². The first-order chi connectivity index (χ1) is 11.6. The minimum atomic E-state index is -0.532. The van der Waals surface area contributed by atoms with Crippen molar-refractivity contribution in [3.8, 4) is 11.3 Å². The number of benzene rings is 2. The van der Waals surface area contributed by atoms with E-state index in [2.05, 4.69) is 10.3 Å². The quantitative estimate of drug-likeness (QED) is 0.753. The minimum Gasteiger partial charge on any atom is -0.439 e. The number of nitrogens with zero attached hydrogens (tertiary/aromatic N) is 1. The predicted octanol–water partition coefficient (Wildman–Crippen LogP) is 2.37. The van der Waals surface area contributed by atoms with Gasteiger partial charge in [-0.3, -0.25) is 9.59 Å². The third-order valence-corrected chi connectivity index (χ3v) is 3.44. The number of rotatable bonds is 5. The molecule has 3 N–H and O–H groups in total. The first kappa shape index (κ1) is 15.5. The number of amides is 2. The maximum absolute atomic E-state index is 12.1. The van der Waals surface area contributed by atoms with Crippen LogP contribution in [0.4, 0.5) is 0 Å². The zero-order valence-corrected chi connectivity index (χ0v) is 12.7. The lowest BCUT2D eigenvalue weighted by molar-refractivity contribution is 0.0945. The fourth-order valence-electron chi connectivity index (χ4n) is 2.17. The van der Waals surface area contributed by atoms with Crippen molar-refractivity contribution in [3.05, 3.63) is 77.8 Å². The molecule has 2 amide bonds. The molecule has 6 heteroatoms. The number of nitrogens with one attached hydrogen (secondary N) is 1. The molecule has 0 fully saturated rings. The average molecular weight is 321 g/mol. The van der Waals surface area contributed by atoms with Crippen molar-refractivity contribution in [3.63, 3.8) is 0 Å². The van der Waals surface area contributed by atoms with Crippen LogP contribution >= 0.6 is 0 Å². The number of oxazole rings is 1. The van der Waals surface area contributed by atoms with Gasteiger partial charge < -0.3 is 15.5 Å². The van der Waals surface area contributed by atoms with Gasteiger partial charge in [0.05, 0.1) is 12.7 Å². The lowest BCUT2D eigenvalue weighted by Gasteiger charge is -2.03. The first-order valence-corrected chi connectivity index (χ1v) is 7.31. The zero-order valence-electron chi connectivity index (χ0n) is 12.7. The number of nitrogens with two attached hydrogens (primary N) is 1. The van der Waals surface area contributed by atoms with Crippen LogP contribution in [0.25, 0.3) is 11.3 Å². The lowest BCUT2D eigenvalue weighted by atomic mass is 10.1. The van der Waals surface area contributed by atoms with Gasteiger partial charge in [0.1, 0.15) is 0 Å². The molecule has 0 aliphatic rings. The summed E-state index contributed by atoms with van der Waals surface area (Å²) >= 11 is 0. The second kappa shape index (κ2) is 6.78. The molecule has 1 heterocycles. The molecule has 6 nitrogen and oxygen atoms in total. The highest BCUT2D eigenvalue weighted by Gasteiger charge is 2.10. The van der Waals surface area contributed by atoms with Gasteiger partial charge in [0.25, 0.3) is 5.91 Å². The number of hydrogen-bond acceptors (Lipinski definition) is 4. The normalized spacial score (nSPS) is 10.3. The van der Waals surface area contributed by atoms with Crippen LogP contribution in [-0.4, -0.2) is 16.8 Å². The summed E-state index contributed by atoms with van der Waals surface area (Å²) in [6.07, 6.45) is 1.62. The Hall–Kier alpha value is -3.41. The van der Waals surface area contributed by atoms with Crippen LogP contribution in [0.1, 0.15) is 26.6 Å². The third kappa shape index (κ3) is 3.49. The van der Waals surface area contributed by atoms with E-state index in [1.165, 1.54) is 12.1 Å². The van der Waals surface area contributed by atoms with Crippen molar-refractivity contribution in [2.45, 2.75) is 6.54 Å². The highest BCUT2D eigenvalue weighted by atomic mass is 16.4. The maximum Gasteiger partial charge on any atom is 0.251 e. The molecule has 120 valence electrons. The Morgan fingerprint density at radius 1 is 1.00 bits per heavy atom. The molecule has 0 saturated heterocycles. The summed E-state index contributed by atoms with van der Waals surface area (Å²) in [7, 11) is 0. The summed E-state index contributed by atoms with van der Waals surface area (Å²) < 4.78 is 5.62. The average Bonchev–Trinajstić information content (AvgIpc) is 3.09. The predicted molar refractivity (Wildman–Crippen MR) is 88.1 cm³/mol. The van der Waals surface area contributed by atoms with Crippen molar-refractivity contribution < 1.29 is 14.0 Å². The van der Waals surface area contributed by atoms with Crippen molar-refractivity contribution >= 4 is 11.8 Å². The molecule has 0 atom stereocenters. The van der Waals surface area contributed by atoms with E-state index in [4.69, 9.17) is 10.2 Å². The van der Waals surface area contributed by atoms with Crippen LogP contribution in [0.15, 0.2) is 65.2 Å². The van der Waals surface area contributed by atoms with Crippen LogP contribution in [-0.2, 0) is 6.54 Å². The zero-order chi connectivity index (χ0) is 16.9. The van der Waals surface area contributed by atoms with Crippen LogP contribution in [0.5, 0.6) is 0 Å². The molecule has 0 aliphatic heterocycles.